The highest BCUT2D eigenvalue weighted by Crippen LogP contribution is 2.36. The predicted octanol–water partition coefficient (Wildman–Crippen LogP) is 1.59. The molecule has 8 heteroatoms. The van der Waals surface area contributed by atoms with Crippen molar-refractivity contribution in [1.82, 2.24) is 0 Å². The Morgan fingerprint density at radius 3 is 2.71 bits per heavy atom. The molecule has 0 aliphatic carbocycles. The lowest BCUT2D eigenvalue weighted by molar-refractivity contribution is -0.384. The minimum Gasteiger partial charge on any atom is -0.490 e. The van der Waals surface area contributed by atoms with E-state index in [4.69, 9.17) is 9.47 Å². The Morgan fingerprint density at radius 2 is 2.24 bits per heavy atom. The van der Waals surface area contributed by atoms with Crippen molar-refractivity contribution in [3.63, 3.8) is 0 Å². The number of ether oxygens (including phenoxy) is 3. The van der Waals surface area contributed by atoms with Crippen LogP contribution < -0.4 is 10.1 Å². The van der Waals surface area contributed by atoms with Gasteiger partial charge in [0, 0.05) is 19.2 Å². The lowest BCUT2D eigenvalue weighted by Crippen LogP contribution is -2.33. The number of methoxy groups -OCH3 is 2. The van der Waals surface area contributed by atoms with Gasteiger partial charge in [0.15, 0.2) is 5.75 Å². The number of carbonyl (C=O) groups is 1. The van der Waals surface area contributed by atoms with Gasteiger partial charge in [0.1, 0.15) is 5.69 Å². The zero-order valence-electron chi connectivity index (χ0n) is 11.8. The van der Waals surface area contributed by atoms with Gasteiger partial charge in [-0.15, -0.1) is 0 Å². The van der Waals surface area contributed by atoms with E-state index in [0.717, 1.165) is 6.42 Å². The molecule has 1 heterocycles. The maximum absolute atomic E-state index is 11.6. The number of hydrogen-bond acceptors (Lipinski definition) is 7. The summed E-state index contributed by atoms with van der Waals surface area (Å²) < 4.78 is 14.9. The van der Waals surface area contributed by atoms with Crippen molar-refractivity contribution in [2.75, 3.05) is 32.7 Å². The summed E-state index contributed by atoms with van der Waals surface area (Å²) in [4.78, 5) is 22.3. The number of carbonyl (C=O) groups excluding carboxylic acids is 1. The van der Waals surface area contributed by atoms with Gasteiger partial charge >= 0.3 is 11.7 Å². The van der Waals surface area contributed by atoms with Crippen LogP contribution in [0.4, 0.5) is 11.4 Å². The van der Waals surface area contributed by atoms with Crippen molar-refractivity contribution in [1.29, 1.82) is 0 Å². The van der Waals surface area contributed by atoms with Gasteiger partial charge in [0.05, 0.1) is 30.8 Å². The molecule has 21 heavy (non-hydrogen) atoms. The van der Waals surface area contributed by atoms with Crippen molar-refractivity contribution in [3.05, 3.63) is 27.8 Å². The van der Waals surface area contributed by atoms with E-state index >= 15 is 0 Å². The number of nitro groups is 1. The first kappa shape index (κ1) is 15.0. The maximum Gasteiger partial charge on any atom is 0.338 e. The van der Waals surface area contributed by atoms with Crippen molar-refractivity contribution in [3.8, 4) is 5.75 Å². The van der Waals surface area contributed by atoms with E-state index in [2.05, 4.69) is 10.1 Å². The van der Waals surface area contributed by atoms with Crippen LogP contribution in [0, 0.1) is 10.1 Å². The molecule has 1 fully saturated rings. The number of anilines is 1. The summed E-state index contributed by atoms with van der Waals surface area (Å²) in [6.45, 7) is 1.12. The number of benzene rings is 1. The number of rotatable bonds is 6. The number of hydrogen-bond donors (Lipinski definition) is 1. The van der Waals surface area contributed by atoms with Crippen LogP contribution in [0.3, 0.4) is 0 Å². The van der Waals surface area contributed by atoms with Crippen LogP contribution in [-0.2, 0) is 9.47 Å². The highest BCUT2D eigenvalue weighted by molar-refractivity contribution is 5.93. The summed E-state index contributed by atoms with van der Waals surface area (Å²) in [5.74, 6) is -0.592. The van der Waals surface area contributed by atoms with E-state index in [1.807, 2.05) is 0 Å². The van der Waals surface area contributed by atoms with Gasteiger partial charge in [0.25, 0.3) is 0 Å². The zero-order chi connectivity index (χ0) is 15.4. The fraction of sp³-hybridized carbons (Fsp3) is 0.462. The van der Waals surface area contributed by atoms with E-state index < -0.39 is 10.9 Å². The Hall–Kier alpha value is -2.35. The smallest absolute Gasteiger partial charge is 0.338 e. The van der Waals surface area contributed by atoms with Gasteiger partial charge in [0.2, 0.25) is 0 Å². The predicted molar refractivity (Wildman–Crippen MR) is 73.8 cm³/mol. The van der Waals surface area contributed by atoms with E-state index in [0.29, 0.717) is 13.2 Å². The molecule has 0 spiro atoms. The van der Waals surface area contributed by atoms with Crippen molar-refractivity contribution < 1.29 is 23.9 Å². The topological polar surface area (TPSA) is 99.9 Å². The molecule has 1 aromatic rings. The van der Waals surface area contributed by atoms with E-state index in [1.54, 1.807) is 0 Å². The normalized spacial score (nSPS) is 16.8. The molecule has 0 amide bonds. The molecular weight excluding hydrogens is 280 g/mol. The molecule has 0 radical (unpaired) electrons. The first-order valence-electron chi connectivity index (χ1n) is 6.37. The SMILES string of the molecule is COC(=O)c1cc(NC[C@@H]2CCO2)c([N+](=O)[O-])c(OC)c1. The second kappa shape index (κ2) is 6.40. The molecule has 1 atom stereocenters. The number of nitrogens with one attached hydrogen (secondary N) is 1. The van der Waals surface area contributed by atoms with Crippen LogP contribution in [0.1, 0.15) is 16.8 Å². The molecule has 114 valence electrons. The zero-order valence-corrected chi connectivity index (χ0v) is 11.8. The second-order valence-corrected chi connectivity index (χ2v) is 4.49. The van der Waals surface area contributed by atoms with Crippen LogP contribution in [0.25, 0.3) is 0 Å². The van der Waals surface area contributed by atoms with Crippen molar-refractivity contribution in [2.45, 2.75) is 12.5 Å². The highest BCUT2D eigenvalue weighted by atomic mass is 16.6. The van der Waals surface area contributed by atoms with Crippen molar-refractivity contribution in [2.24, 2.45) is 0 Å². The molecule has 2 rings (SSSR count). The summed E-state index contributed by atoms with van der Waals surface area (Å²) in [6.07, 6.45) is 0.923. The molecule has 0 bridgehead atoms. The van der Waals surface area contributed by atoms with Gasteiger partial charge in [-0.2, -0.15) is 0 Å². The molecule has 1 N–H and O–H groups in total. The largest absolute Gasteiger partial charge is 0.490 e. The van der Waals surface area contributed by atoms with Crippen LogP contribution in [0.15, 0.2) is 12.1 Å². The van der Waals surface area contributed by atoms with Crippen LogP contribution in [-0.4, -0.2) is 44.4 Å². The van der Waals surface area contributed by atoms with E-state index in [-0.39, 0.29) is 28.8 Å². The van der Waals surface area contributed by atoms with Gasteiger partial charge in [-0.05, 0) is 12.5 Å². The monoisotopic (exact) mass is 296 g/mol. The van der Waals surface area contributed by atoms with E-state index in [9.17, 15) is 14.9 Å². The van der Waals surface area contributed by atoms with Crippen molar-refractivity contribution >= 4 is 17.3 Å². The molecule has 0 unspecified atom stereocenters. The quantitative estimate of drug-likeness (QED) is 0.483. The number of nitro benzene ring substituents is 1. The van der Waals surface area contributed by atoms with E-state index in [1.165, 1.54) is 26.4 Å². The van der Waals surface area contributed by atoms with Crippen LogP contribution in [0.2, 0.25) is 0 Å². The average molecular weight is 296 g/mol. The van der Waals surface area contributed by atoms with Crippen LogP contribution in [0.5, 0.6) is 5.75 Å². The number of esters is 1. The molecule has 8 nitrogen and oxygen atoms in total. The average Bonchev–Trinajstić information content (AvgIpc) is 2.43. The van der Waals surface area contributed by atoms with Gasteiger partial charge in [-0.25, -0.2) is 4.79 Å². The lowest BCUT2D eigenvalue weighted by Gasteiger charge is -2.26. The third-order valence-corrected chi connectivity index (χ3v) is 3.21. The Balaban J connectivity index is 2.35. The van der Waals surface area contributed by atoms with Gasteiger partial charge < -0.3 is 19.5 Å². The Kier molecular flexibility index (Phi) is 4.59. The standard InChI is InChI=1S/C13H16N2O6/c1-19-11-6-8(13(16)20-2)5-10(12(11)15(17)18)14-7-9-3-4-21-9/h5-6,9,14H,3-4,7H2,1-2H3/t9-/m0/s1. The summed E-state index contributed by atoms with van der Waals surface area (Å²) in [7, 11) is 2.55. The maximum atomic E-state index is 11.6. The summed E-state index contributed by atoms with van der Waals surface area (Å²) in [6, 6.07) is 2.67. The summed E-state index contributed by atoms with van der Waals surface area (Å²) in [5, 5.41) is 14.2. The lowest BCUT2D eigenvalue weighted by atomic mass is 10.1. The van der Waals surface area contributed by atoms with Gasteiger partial charge in [-0.3, -0.25) is 10.1 Å². The fourth-order valence-electron chi connectivity index (χ4n) is 1.99. The summed E-state index contributed by atoms with van der Waals surface area (Å²) >= 11 is 0. The fourth-order valence-corrected chi connectivity index (χ4v) is 1.99. The Bertz CT molecular complexity index is 556. The van der Waals surface area contributed by atoms with Crippen LogP contribution >= 0.6 is 0 Å². The third kappa shape index (κ3) is 3.22. The minimum atomic E-state index is -0.592. The van der Waals surface area contributed by atoms with Gasteiger partial charge in [-0.1, -0.05) is 0 Å². The molecule has 1 saturated heterocycles. The summed E-state index contributed by atoms with van der Waals surface area (Å²) in [5.41, 5.74) is 0.164. The Morgan fingerprint density at radius 1 is 1.52 bits per heavy atom. The molecule has 0 aromatic heterocycles. The molecule has 1 aromatic carbocycles. The highest BCUT2D eigenvalue weighted by Gasteiger charge is 2.26. The molecule has 1 aliphatic heterocycles. The first-order chi connectivity index (χ1) is 10.1. The minimum absolute atomic E-state index is 0.0000668. The molecule has 0 saturated carbocycles. The molecule has 1 aliphatic rings. The molecular formula is C13H16N2O6. The third-order valence-electron chi connectivity index (χ3n) is 3.21. The first-order valence-corrected chi connectivity index (χ1v) is 6.37. The Labute approximate surface area is 121 Å². The number of nitrogens with zero attached hydrogens (tertiary/aromatic N) is 1. The second-order valence-electron chi connectivity index (χ2n) is 4.49.